The summed E-state index contributed by atoms with van der Waals surface area (Å²) in [7, 11) is 0. The number of nitrogens with zero attached hydrogens (tertiary/aromatic N) is 2. The fourth-order valence-electron chi connectivity index (χ4n) is 2.35. The first-order valence-electron chi connectivity index (χ1n) is 7.30. The van der Waals surface area contributed by atoms with Crippen LogP contribution in [-0.2, 0) is 11.3 Å². The number of nitrogens with two attached hydrogens (primary N) is 1. The molecule has 0 saturated carbocycles. The molecule has 0 spiro atoms. The number of carbonyl (C=O) groups excluding carboxylic acids is 1. The van der Waals surface area contributed by atoms with Crippen molar-refractivity contribution in [1.29, 1.82) is 0 Å². The minimum Gasteiger partial charge on any atom is -0.369 e. The Kier molecular flexibility index (Phi) is 5.32. The van der Waals surface area contributed by atoms with Gasteiger partial charge in [-0.2, -0.15) is 0 Å². The van der Waals surface area contributed by atoms with Crippen LogP contribution in [0.15, 0.2) is 52.4 Å². The predicted octanol–water partition coefficient (Wildman–Crippen LogP) is 3.33. The molecule has 1 aromatic heterocycles. The van der Waals surface area contributed by atoms with Crippen molar-refractivity contribution in [1.82, 2.24) is 9.55 Å². The molecular weight excluding hydrogens is 381 g/mol. The van der Waals surface area contributed by atoms with Gasteiger partial charge in [-0.25, -0.2) is 4.98 Å². The molecule has 25 heavy (non-hydrogen) atoms. The molecule has 0 bridgehead atoms. The summed E-state index contributed by atoms with van der Waals surface area (Å²) in [6.07, 6.45) is 0. The Morgan fingerprint density at radius 1 is 1.16 bits per heavy atom. The van der Waals surface area contributed by atoms with Crippen LogP contribution in [0.25, 0.3) is 10.9 Å². The van der Waals surface area contributed by atoms with E-state index in [4.69, 9.17) is 28.9 Å². The molecule has 0 aliphatic rings. The average Bonchev–Trinajstić information content (AvgIpc) is 2.59. The van der Waals surface area contributed by atoms with Gasteiger partial charge < -0.3 is 5.73 Å². The maximum Gasteiger partial charge on any atom is 0.262 e. The number of fused-ring (bicyclic) bond motifs is 1. The smallest absolute Gasteiger partial charge is 0.262 e. The van der Waals surface area contributed by atoms with Crippen LogP contribution in [-0.4, -0.2) is 21.2 Å². The fraction of sp³-hybridized carbons (Fsp3) is 0.118. The maximum absolute atomic E-state index is 12.9. The third-order valence-corrected chi connectivity index (χ3v) is 5.23. The Morgan fingerprint density at radius 3 is 2.64 bits per heavy atom. The monoisotopic (exact) mass is 393 g/mol. The number of benzene rings is 2. The number of thioether (sulfide) groups is 1. The van der Waals surface area contributed by atoms with E-state index in [1.54, 1.807) is 42.5 Å². The minimum absolute atomic E-state index is 0.0339. The zero-order chi connectivity index (χ0) is 18.0. The van der Waals surface area contributed by atoms with Gasteiger partial charge in [-0.15, -0.1) is 0 Å². The van der Waals surface area contributed by atoms with Crippen LogP contribution >= 0.6 is 35.0 Å². The van der Waals surface area contributed by atoms with Gasteiger partial charge in [0.25, 0.3) is 5.56 Å². The molecule has 1 amide bonds. The summed E-state index contributed by atoms with van der Waals surface area (Å²) in [5.41, 5.74) is 6.41. The van der Waals surface area contributed by atoms with Gasteiger partial charge in [0.05, 0.1) is 33.2 Å². The Morgan fingerprint density at radius 2 is 1.92 bits per heavy atom. The standard InChI is InChI=1S/C17H13Cl2N3O2S/c18-12-6-5-10(7-13(12)19)8-22-16(24)11-3-1-2-4-14(11)21-17(22)25-9-15(20)23/h1-7H,8-9H2,(H2,20,23). The Hall–Kier alpha value is -2.02. The number of primary amides is 1. The molecular formula is C17H13Cl2N3O2S. The van der Waals surface area contributed by atoms with Crippen molar-refractivity contribution in [2.45, 2.75) is 11.7 Å². The van der Waals surface area contributed by atoms with E-state index in [9.17, 15) is 9.59 Å². The Balaban J connectivity index is 2.11. The highest BCUT2D eigenvalue weighted by Crippen LogP contribution is 2.24. The second kappa shape index (κ2) is 7.47. The molecule has 1 heterocycles. The van der Waals surface area contributed by atoms with Gasteiger partial charge in [0.2, 0.25) is 5.91 Å². The van der Waals surface area contributed by atoms with Crippen LogP contribution < -0.4 is 11.3 Å². The third-order valence-electron chi connectivity index (χ3n) is 3.49. The molecule has 0 aliphatic carbocycles. The van der Waals surface area contributed by atoms with Crippen LogP contribution in [0.1, 0.15) is 5.56 Å². The topological polar surface area (TPSA) is 78.0 Å². The predicted molar refractivity (Wildman–Crippen MR) is 101 cm³/mol. The highest BCUT2D eigenvalue weighted by molar-refractivity contribution is 7.99. The number of para-hydroxylation sites is 1. The third kappa shape index (κ3) is 3.98. The molecule has 3 rings (SSSR count). The number of aromatic nitrogens is 2. The van der Waals surface area contributed by atoms with E-state index in [1.807, 2.05) is 0 Å². The SMILES string of the molecule is NC(=O)CSc1nc2ccccc2c(=O)n1Cc1ccc(Cl)c(Cl)c1. The van der Waals surface area contributed by atoms with Crippen molar-refractivity contribution in [3.63, 3.8) is 0 Å². The summed E-state index contributed by atoms with van der Waals surface area (Å²) >= 11 is 13.1. The molecule has 2 N–H and O–H groups in total. The molecule has 2 aromatic carbocycles. The summed E-state index contributed by atoms with van der Waals surface area (Å²) in [4.78, 5) is 28.5. The molecule has 0 radical (unpaired) electrons. The van der Waals surface area contributed by atoms with Gasteiger partial charge in [-0.1, -0.05) is 53.2 Å². The lowest BCUT2D eigenvalue weighted by atomic mass is 10.2. The first-order chi connectivity index (χ1) is 12.0. The quantitative estimate of drug-likeness (QED) is 0.532. The van der Waals surface area contributed by atoms with Crippen molar-refractivity contribution >= 4 is 51.8 Å². The van der Waals surface area contributed by atoms with Crippen molar-refractivity contribution in [3.8, 4) is 0 Å². The van der Waals surface area contributed by atoms with E-state index in [2.05, 4.69) is 4.98 Å². The lowest BCUT2D eigenvalue weighted by Crippen LogP contribution is -2.25. The van der Waals surface area contributed by atoms with Crippen molar-refractivity contribution < 1.29 is 4.79 Å². The fourth-order valence-corrected chi connectivity index (χ4v) is 3.41. The van der Waals surface area contributed by atoms with Crippen LogP contribution in [0.4, 0.5) is 0 Å². The lowest BCUT2D eigenvalue weighted by Gasteiger charge is -2.13. The summed E-state index contributed by atoms with van der Waals surface area (Å²) < 4.78 is 1.51. The number of hydrogen-bond acceptors (Lipinski definition) is 4. The number of rotatable bonds is 5. The molecule has 8 heteroatoms. The minimum atomic E-state index is -0.478. The maximum atomic E-state index is 12.9. The summed E-state index contributed by atoms with van der Waals surface area (Å²) in [6, 6.07) is 12.2. The molecule has 128 valence electrons. The van der Waals surface area contributed by atoms with Gasteiger partial charge >= 0.3 is 0 Å². The number of hydrogen-bond donors (Lipinski definition) is 1. The molecule has 3 aromatic rings. The lowest BCUT2D eigenvalue weighted by molar-refractivity contribution is -0.115. The van der Waals surface area contributed by atoms with E-state index in [0.717, 1.165) is 17.3 Å². The summed E-state index contributed by atoms with van der Waals surface area (Å²) in [5.74, 6) is -0.444. The van der Waals surface area contributed by atoms with Gasteiger partial charge in [-0.05, 0) is 29.8 Å². The van der Waals surface area contributed by atoms with Crippen LogP contribution in [0, 0.1) is 0 Å². The molecule has 0 atom stereocenters. The molecule has 0 unspecified atom stereocenters. The largest absolute Gasteiger partial charge is 0.369 e. The summed E-state index contributed by atoms with van der Waals surface area (Å²) in [6.45, 7) is 0.259. The van der Waals surface area contributed by atoms with Gasteiger partial charge in [0, 0.05) is 0 Å². The first-order valence-corrected chi connectivity index (χ1v) is 9.04. The highest BCUT2D eigenvalue weighted by Gasteiger charge is 2.13. The average molecular weight is 394 g/mol. The van der Waals surface area contributed by atoms with Crippen LogP contribution in [0.5, 0.6) is 0 Å². The second-order valence-electron chi connectivity index (χ2n) is 5.31. The van der Waals surface area contributed by atoms with Crippen molar-refractivity contribution in [2.24, 2.45) is 5.73 Å². The van der Waals surface area contributed by atoms with Crippen molar-refractivity contribution in [3.05, 3.63) is 68.4 Å². The molecule has 5 nitrogen and oxygen atoms in total. The Labute approximate surface area is 157 Å². The van der Waals surface area contributed by atoms with Gasteiger partial charge in [-0.3, -0.25) is 14.2 Å². The normalized spacial score (nSPS) is 11.0. The zero-order valence-electron chi connectivity index (χ0n) is 12.9. The van der Waals surface area contributed by atoms with Gasteiger partial charge in [0.15, 0.2) is 5.16 Å². The van der Waals surface area contributed by atoms with E-state index in [1.165, 1.54) is 4.57 Å². The molecule has 0 saturated heterocycles. The number of carbonyl (C=O) groups is 1. The van der Waals surface area contributed by atoms with E-state index < -0.39 is 5.91 Å². The molecule has 0 fully saturated rings. The van der Waals surface area contributed by atoms with E-state index in [-0.39, 0.29) is 17.9 Å². The van der Waals surface area contributed by atoms with E-state index >= 15 is 0 Å². The highest BCUT2D eigenvalue weighted by atomic mass is 35.5. The number of halogens is 2. The Bertz CT molecular complexity index is 1020. The zero-order valence-corrected chi connectivity index (χ0v) is 15.2. The van der Waals surface area contributed by atoms with E-state index in [0.29, 0.717) is 26.1 Å². The molecule has 0 aliphatic heterocycles. The van der Waals surface area contributed by atoms with Gasteiger partial charge in [0.1, 0.15) is 0 Å². The second-order valence-corrected chi connectivity index (χ2v) is 7.06. The number of amides is 1. The first kappa shape index (κ1) is 17.8. The van der Waals surface area contributed by atoms with Crippen LogP contribution in [0.2, 0.25) is 10.0 Å². The summed E-state index contributed by atoms with van der Waals surface area (Å²) in [5, 5.41) is 1.78. The van der Waals surface area contributed by atoms with Crippen molar-refractivity contribution in [2.75, 3.05) is 5.75 Å². The van der Waals surface area contributed by atoms with Crippen LogP contribution in [0.3, 0.4) is 0 Å².